The van der Waals surface area contributed by atoms with Gasteiger partial charge >= 0.3 is 12.6 Å². The summed E-state index contributed by atoms with van der Waals surface area (Å²) in [5.74, 6) is 0.0548. The predicted molar refractivity (Wildman–Crippen MR) is 110 cm³/mol. The molecule has 0 spiro atoms. The Labute approximate surface area is 171 Å². The Kier molecular flexibility index (Phi) is 5.62. The third-order valence-corrected chi connectivity index (χ3v) is 6.15. The number of thiazole rings is 1. The highest BCUT2D eigenvalue weighted by atomic mass is 32.1. The molecule has 8 heteroatoms. The molecule has 0 saturated carbocycles. The topological polar surface area (TPSA) is 54.5 Å². The number of halogens is 2. The van der Waals surface area contributed by atoms with Gasteiger partial charge in [-0.25, -0.2) is 9.78 Å². The molecule has 2 heterocycles. The van der Waals surface area contributed by atoms with Crippen molar-refractivity contribution in [2.75, 3.05) is 11.9 Å². The third-order valence-electron chi connectivity index (χ3n) is 5.01. The molecule has 29 heavy (non-hydrogen) atoms. The van der Waals surface area contributed by atoms with Crippen LogP contribution in [-0.2, 0) is 0 Å². The van der Waals surface area contributed by atoms with Gasteiger partial charge in [0, 0.05) is 18.3 Å². The van der Waals surface area contributed by atoms with Gasteiger partial charge in [0.15, 0.2) is 0 Å². The molecule has 2 aromatic carbocycles. The van der Waals surface area contributed by atoms with E-state index in [1.54, 1.807) is 35.3 Å². The average molecular weight is 417 g/mol. The zero-order valence-corrected chi connectivity index (χ0v) is 16.7. The summed E-state index contributed by atoms with van der Waals surface area (Å²) < 4.78 is 30.8. The third kappa shape index (κ3) is 4.32. The molecule has 4 rings (SSSR count). The van der Waals surface area contributed by atoms with Crippen LogP contribution in [0.1, 0.15) is 35.9 Å². The number of likely N-dealkylation sites (tertiary alicyclic amines) is 1. The molecule has 1 saturated heterocycles. The van der Waals surface area contributed by atoms with Gasteiger partial charge in [-0.15, -0.1) is 11.3 Å². The maximum atomic E-state index is 13.0. The predicted octanol–water partition coefficient (Wildman–Crippen LogP) is 5.97. The molecule has 1 aliphatic rings. The summed E-state index contributed by atoms with van der Waals surface area (Å²) in [5, 5.41) is 3.75. The zero-order chi connectivity index (χ0) is 20.4. The van der Waals surface area contributed by atoms with Crippen molar-refractivity contribution in [3.63, 3.8) is 0 Å². The van der Waals surface area contributed by atoms with E-state index in [0.717, 1.165) is 34.5 Å². The first kappa shape index (κ1) is 19.6. The van der Waals surface area contributed by atoms with Crippen molar-refractivity contribution in [3.8, 4) is 5.75 Å². The summed E-state index contributed by atoms with van der Waals surface area (Å²) in [7, 11) is 0. The Bertz CT molecular complexity index is 991. The van der Waals surface area contributed by atoms with Gasteiger partial charge in [0.2, 0.25) is 0 Å². The minimum atomic E-state index is -2.91. The Morgan fingerprint density at radius 3 is 2.90 bits per heavy atom. The molecule has 2 amide bonds. The molecule has 5 nitrogen and oxygen atoms in total. The Morgan fingerprint density at radius 1 is 1.28 bits per heavy atom. The molecular weight excluding hydrogens is 396 g/mol. The number of aromatic nitrogens is 1. The summed E-state index contributed by atoms with van der Waals surface area (Å²) in [4.78, 5) is 19.5. The Hall–Kier alpha value is -2.74. The minimum absolute atomic E-state index is 0.0548. The van der Waals surface area contributed by atoms with Crippen LogP contribution in [0, 0.1) is 6.92 Å². The lowest BCUT2D eigenvalue weighted by molar-refractivity contribution is -0.0502. The molecule has 0 aliphatic carbocycles. The molecule has 152 valence electrons. The minimum Gasteiger partial charge on any atom is -0.434 e. The number of anilines is 1. The first-order valence-electron chi connectivity index (χ1n) is 9.50. The highest BCUT2D eigenvalue weighted by Crippen LogP contribution is 2.36. The number of ether oxygens (including phenoxy) is 1. The largest absolute Gasteiger partial charge is 0.434 e. The Morgan fingerprint density at radius 2 is 2.10 bits per heavy atom. The number of urea groups is 1. The lowest BCUT2D eigenvalue weighted by Crippen LogP contribution is -2.41. The van der Waals surface area contributed by atoms with Crippen LogP contribution in [0.25, 0.3) is 10.2 Å². The maximum absolute atomic E-state index is 13.0. The van der Waals surface area contributed by atoms with E-state index in [4.69, 9.17) is 4.98 Å². The van der Waals surface area contributed by atoms with Crippen LogP contribution in [0.3, 0.4) is 0 Å². The lowest BCUT2D eigenvalue weighted by atomic mass is 10.0. The van der Waals surface area contributed by atoms with Crippen molar-refractivity contribution in [1.29, 1.82) is 0 Å². The number of rotatable bonds is 4. The number of nitrogens with one attached hydrogen (secondary N) is 1. The molecule has 1 aromatic heterocycles. The standard InChI is InChI=1S/C21H21F2N3O2S/c1-13-9-10-14(12-17(13)28-20(22)23)24-21(27)26-11-5-4-7-16(26)19-25-15-6-2-3-8-18(15)29-19/h2-3,6,8-10,12,16,20H,4-5,7,11H2,1H3,(H,24,27). The summed E-state index contributed by atoms with van der Waals surface area (Å²) in [6.45, 7) is -0.611. The van der Waals surface area contributed by atoms with E-state index < -0.39 is 6.61 Å². The van der Waals surface area contributed by atoms with Crippen LogP contribution in [0.4, 0.5) is 19.3 Å². The molecule has 1 N–H and O–H groups in total. The van der Waals surface area contributed by atoms with Crippen LogP contribution in [-0.4, -0.2) is 29.1 Å². The SMILES string of the molecule is Cc1ccc(NC(=O)N2CCCCC2c2nc3ccccc3s2)cc1OC(F)F. The van der Waals surface area contributed by atoms with E-state index in [1.807, 2.05) is 24.3 Å². The lowest BCUT2D eigenvalue weighted by Gasteiger charge is -2.34. The summed E-state index contributed by atoms with van der Waals surface area (Å²) in [6, 6.07) is 12.3. The fourth-order valence-electron chi connectivity index (χ4n) is 3.56. The summed E-state index contributed by atoms with van der Waals surface area (Å²) in [5.41, 5.74) is 1.93. The summed E-state index contributed by atoms with van der Waals surface area (Å²) in [6.07, 6.45) is 2.80. The van der Waals surface area contributed by atoms with Gasteiger partial charge in [-0.05, 0) is 49.9 Å². The first-order valence-corrected chi connectivity index (χ1v) is 10.3. The Balaban J connectivity index is 1.55. The number of alkyl halides is 2. The average Bonchev–Trinajstić information content (AvgIpc) is 3.14. The second-order valence-electron chi connectivity index (χ2n) is 7.01. The number of carbonyl (C=O) groups is 1. The second-order valence-corrected chi connectivity index (χ2v) is 8.08. The number of fused-ring (bicyclic) bond motifs is 1. The van der Waals surface area contributed by atoms with Gasteiger partial charge < -0.3 is 15.0 Å². The monoisotopic (exact) mass is 417 g/mol. The first-order chi connectivity index (χ1) is 14.0. The van der Waals surface area contributed by atoms with Gasteiger partial charge in [-0.1, -0.05) is 18.2 Å². The van der Waals surface area contributed by atoms with Gasteiger partial charge in [-0.2, -0.15) is 8.78 Å². The van der Waals surface area contributed by atoms with Crippen molar-refractivity contribution in [2.24, 2.45) is 0 Å². The number of nitrogens with zero attached hydrogens (tertiary/aromatic N) is 2. The molecule has 1 aliphatic heterocycles. The normalized spacial score (nSPS) is 17.0. The molecule has 1 fully saturated rings. The van der Waals surface area contributed by atoms with E-state index in [-0.39, 0.29) is 17.8 Å². The van der Waals surface area contributed by atoms with Crippen LogP contribution in [0.15, 0.2) is 42.5 Å². The highest BCUT2D eigenvalue weighted by molar-refractivity contribution is 7.18. The molecule has 1 unspecified atom stereocenters. The number of piperidine rings is 1. The van der Waals surface area contributed by atoms with Crippen LogP contribution >= 0.6 is 11.3 Å². The quantitative estimate of drug-likeness (QED) is 0.569. The zero-order valence-electron chi connectivity index (χ0n) is 15.9. The molecule has 0 bridgehead atoms. The fraction of sp³-hybridized carbons (Fsp3) is 0.333. The summed E-state index contributed by atoms with van der Waals surface area (Å²) >= 11 is 1.61. The number of benzene rings is 2. The van der Waals surface area contributed by atoms with Gasteiger partial charge in [0.05, 0.1) is 16.3 Å². The van der Waals surface area contributed by atoms with Crippen LogP contribution in [0.2, 0.25) is 0 Å². The highest BCUT2D eigenvalue weighted by Gasteiger charge is 2.30. The van der Waals surface area contributed by atoms with Crippen molar-refractivity contribution in [2.45, 2.75) is 38.8 Å². The molecule has 1 atom stereocenters. The molecule has 0 radical (unpaired) electrons. The van der Waals surface area contributed by atoms with Crippen LogP contribution in [0.5, 0.6) is 5.75 Å². The molecule has 3 aromatic rings. The van der Waals surface area contributed by atoms with E-state index in [0.29, 0.717) is 17.8 Å². The second kappa shape index (κ2) is 8.32. The van der Waals surface area contributed by atoms with Gasteiger partial charge in [-0.3, -0.25) is 0 Å². The number of hydrogen-bond donors (Lipinski definition) is 1. The van der Waals surface area contributed by atoms with Crippen molar-refractivity contribution in [3.05, 3.63) is 53.0 Å². The van der Waals surface area contributed by atoms with Crippen molar-refractivity contribution >= 4 is 33.3 Å². The number of para-hydroxylation sites is 1. The van der Waals surface area contributed by atoms with Gasteiger partial charge in [0.1, 0.15) is 10.8 Å². The number of aryl methyl sites for hydroxylation is 1. The number of carbonyl (C=O) groups excluding carboxylic acids is 1. The maximum Gasteiger partial charge on any atom is 0.387 e. The van der Waals surface area contributed by atoms with E-state index >= 15 is 0 Å². The van der Waals surface area contributed by atoms with Crippen molar-refractivity contribution < 1.29 is 18.3 Å². The van der Waals surface area contributed by atoms with Gasteiger partial charge in [0.25, 0.3) is 0 Å². The van der Waals surface area contributed by atoms with E-state index in [1.165, 1.54) is 6.07 Å². The fourth-order valence-corrected chi connectivity index (χ4v) is 4.68. The number of hydrogen-bond acceptors (Lipinski definition) is 4. The van der Waals surface area contributed by atoms with E-state index in [9.17, 15) is 13.6 Å². The number of amides is 2. The van der Waals surface area contributed by atoms with E-state index in [2.05, 4.69) is 10.1 Å². The molecular formula is C21H21F2N3O2S. The van der Waals surface area contributed by atoms with Crippen molar-refractivity contribution in [1.82, 2.24) is 9.88 Å². The van der Waals surface area contributed by atoms with Crippen LogP contribution < -0.4 is 10.1 Å². The smallest absolute Gasteiger partial charge is 0.387 e.